The van der Waals surface area contributed by atoms with Crippen molar-refractivity contribution in [1.82, 2.24) is 4.98 Å². The molecule has 0 atom stereocenters. The molecule has 112 valence electrons. The van der Waals surface area contributed by atoms with Gasteiger partial charge in [-0.05, 0) is 24.3 Å². The van der Waals surface area contributed by atoms with Gasteiger partial charge in [-0.3, -0.25) is 4.72 Å². The normalized spacial score (nSPS) is 12.1. The predicted molar refractivity (Wildman–Crippen MR) is 74.6 cm³/mol. The van der Waals surface area contributed by atoms with E-state index in [9.17, 15) is 21.2 Å². The van der Waals surface area contributed by atoms with E-state index >= 15 is 0 Å². The molecule has 0 saturated heterocycles. The van der Waals surface area contributed by atoms with E-state index < -0.39 is 30.7 Å². The monoisotopic (exact) mass is 330 g/mol. The van der Waals surface area contributed by atoms with Crippen LogP contribution in [-0.2, 0) is 19.9 Å². The summed E-state index contributed by atoms with van der Waals surface area (Å²) >= 11 is 0. The van der Waals surface area contributed by atoms with Crippen LogP contribution in [0, 0.1) is 5.82 Å². The van der Waals surface area contributed by atoms with Crippen molar-refractivity contribution >= 4 is 25.5 Å². The summed E-state index contributed by atoms with van der Waals surface area (Å²) in [5, 5.41) is -0.798. The molecule has 0 aliphatic heterocycles. The molecular weight excluding hydrogens is 319 g/mol. The number of nitrogens with zero attached hydrogens (tertiary/aromatic N) is 1. The predicted octanol–water partition coefficient (Wildman–Crippen LogP) is 1.43. The summed E-state index contributed by atoms with van der Waals surface area (Å²) in [5.74, 6) is -1.03. The fourth-order valence-corrected chi connectivity index (χ4v) is 3.63. The minimum absolute atomic E-state index is 0.162. The largest absolute Gasteiger partial charge is 0.282 e. The molecule has 0 spiro atoms. The van der Waals surface area contributed by atoms with Crippen molar-refractivity contribution < 1.29 is 21.2 Å². The Balaban J connectivity index is 2.51. The maximum Gasteiger partial charge on any atom is 0.282 e. The van der Waals surface area contributed by atoms with Crippen molar-refractivity contribution in [2.24, 2.45) is 0 Å². The van der Waals surface area contributed by atoms with Gasteiger partial charge in [0.1, 0.15) is 0 Å². The number of sulfone groups is 1. The molecule has 1 heterocycles. The number of hydrogen-bond donors (Lipinski definition) is 1. The first-order valence-corrected chi connectivity index (χ1v) is 9.02. The van der Waals surface area contributed by atoms with Gasteiger partial charge in [-0.15, -0.1) is 0 Å². The Hall–Kier alpha value is -2.00. The van der Waals surface area contributed by atoms with Crippen molar-refractivity contribution in [3.05, 3.63) is 48.4 Å². The van der Waals surface area contributed by atoms with E-state index in [1.54, 1.807) is 0 Å². The second-order valence-corrected chi connectivity index (χ2v) is 7.75. The minimum Gasteiger partial charge on any atom is -0.277 e. The smallest absolute Gasteiger partial charge is 0.277 e. The van der Waals surface area contributed by atoms with Crippen LogP contribution in [-0.4, -0.2) is 28.1 Å². The van der Waals surface area contributed by atoms with Gasteiger partial charge in [0.15, 0.2) is 15.7 Å². The van der Waals surface area contributed by atoms with Crippen LogP contribution in [0.4, 0.5) is 10.1 Å². The number of anilines is 1. The number of benzene rings is 1. The highest BCUT2D eigenvalue weighted by Gasteiger charge is 2.23. The molecular formula is C12H11FN2O4S2. The summed E-state index contributed by atoms with van der Waals surface area (Å²) in [7, 11) is -7.97. The number of rotatable bonds is 4. The van der Waals surface area contributed by atoms with Gasteiger partial charge in [-0.1, -0.05) is 12.1 Å². The standard InChI is InChI=1S/C12H11FN2O4S2/c1-20(16,17)11-7-3-2-6-10(11)15-21(18,19)12-9(13)5-4-8-14-12/h2-8,15H,1H3. The average Bonchev–Trinajstić information content (AvgIpc) is 2.38. The van der Waals surface area contributed by atoms with E-state index in [4.69, 9.17) is 0 Å². The van der Waals surface area contributed by atoms with Crippen molar-refractivity contribution in [3.63, 3.8) is 0 Å². The molecule has 1 aromatic heterocycles. The summed E-state index contributed by atoms with van der Waals surface area (Å²) in [6.45, 7) is 0. The Morgan fingerprint density at radius 1 is 1.05 bits per heavy atom. The highest BCUT2D eigenvalue weighted by molar-refractivity contribution is 7.93. The molecule has 0 saturated carbocycles. The van der Waals surface area contributed by atoms with Crippen LogP contribution in [0.1, 0.15) is 0 Å². The van der Waals surface area contributed by atoms with Crippen LogP contribution in [0.5, 0.6) is 0 Å². The van der Waals surface area contributed by atoms with Crippen LogP contribution < -0.4 is 4.72 Å². The number of pyridine rings is 1. The topological polar surface area (TPSA) is 93.2 Å². The van der Waals surface area contributed by atoms with Gasteiger partial charge in [0, 0.05) is 12.5 Å². The lowest BCUT2D eigenvalue weighted by Crippen LogP contribution is -2.17. The van der Waals surface area contributed by atoms with E-state index in [1.165, 1.54) is 30.3 Å². The van der Waals surface area contributed by atoms with Crippen molar-refractivity contribution in [3.8, 4) is 0 Å². The van der Waals surface area contributed by atoms with E-state index in [2.05, 4.69) is 4.98 Å². The number of para-hydroxylation sites is 1. The van der Waals surface area contributed by atoms with Crippen LogP contribution >= 0.6 is 0 Å². The average molecular weight is 330 g/mol. The molecule has 0 bridgehead atoms. The van der Waals surface area contributed by atoms with Gasteiger partial charge in [0.2, 0.25) is 5.03 Å². The quantitative estimate of drug-likeness (QED) is 0.915. The Morgan fingerprint density at radius 3 is 2.33 bits per heavy atom. The Morgan fingerprint density at radius 2 is 1.71 bits per heavy atom. The SMILES string of the molecule is CS(=O)(=O)c1ccccc1NS(=O)(=O)c1ncccc1F. The number of halogens is 1. The van der Waals surface area contributed by atoms with Gasteiger partial charge in [0.05, 0.1) is 10.6 Å². The van der Waals surface area contributed by atoms with Gasteiger partial charge >= 0.3 is 0 Å². The molecule has 0 aliphatic carbocycles. The molecule has 0 fully saturated rings. The molecule has 9 heteroatoms. The third-order valence-corrected chi connectivity index (χ3v) is 4.96. The lowest BCUT2D eigenvalue weighted by Gasteiger charge is -2.11. The fraction of sp³-hybridized carbons (Fsp3) is 0.0833. The summed E-state index contributed by atoms with van der Waals surface area (Å²) < 4.78 is 63.0. The van der Waals surface area contributed by atoms with Crippen LogP contribution in [0.2, 0.25) is 0 Å². The molecule has 1 N–H and O–H groups in total. The van der Waals surface area contributed by atoms with E-state index in [1.807, 2.05) is 4.72 Å². The third-order valence-electron chi connectivity index (χ3n) is 2.51. The molecule has 0 amide bonds. The molecule has 0 radical (unpaired) electrons. The number of hydrogen-bond acceptors (Lipinski definition) is 5. The first kappa shape index (κ1) is 15.4. The van der Waals surface area contributed by atoms with Gasteiger partial charge in [-0.25, -0.2) is 17.8 Å². The Bertz CT molecular complexity index is 880. The molecule has 21 heavy (non-hydrogen) atoms. The van der Waals surface area contributed by atoms with Crippen molar-refractivity contribution in [2.45, 2.75) is 9.92 Å². The van der Waals surface area contributed by atoms with Gasteiger partial charge in [-0.2, -0.15) is 8.42 Å². The molecule has 1 aromatic carbocycles. The fourth-order valence-electron chi connectivity index (χ4n) is 1.64. The number of sulfonamides is 1. The van der Waals surface area contributed by atoms with Crippen molar-refractivity contribution in [1.29, 1.82) is 0 Å². The maximum absolute atomic E-state index is 13.5. The molecule has 0 unspecified atom stereocenters. The first-order chi connectivity index (χ1) is 9.72. The second kappa shape index (κ2) is 5.41. The summed E-state index contributed by atoms with van der Waals surface area (Å²) in [5.41, 5.74) is -0.162. The highest BCUT2D eigenvalue weighted by atomic mass is 32.2. The molecule has 2 aromatic rings. The maximum atomic E-state index is 13.5. The zero-order valence-corrected chi connectivity index (χ0v) is 12.4. The molecule has 6 nitrogen and oxygen atoms in total. The summed E-state index contributed by atoms with van der Waals surface area (Å²) in [6.07, 6.45) is 2.07. The van der Waals surface area contributed by atoms with Crippen LogP contribution in [0.25, 0.3) is 0 Å². The zero-order valence-electron chi connectivity index (χ0n) is 10.8. The Kier molecular flexibility index (Phi) is 3.97. The van der Waals surface area contributed by atoms with Crippen LogP contribution in [0.3, 0.4) is 0 Å². The lowest BCUT2D eigenvalue weighted by atomic mass is 10.3. The van der Waals surface area contributed by atoms with E-state index in [-0.39, 0.29) is 10.6 Å². The third kappa shape index (κ3) is 3.37. The Labute approximate surface area is 121 Å². The van der Waals surface area contributed by atoms with Gasteiger partial charge in [0.25, 0.3) is 10.0 Å². The van der Waals surface area contributed by atoms with E-state index in [0.29, 0.717) is 0 Å². The van der Waals surface area contributed by atoms with E-state index in [0.717, 1.165) is 18.5 Å². The zero-order chi connectivity index (χ0) is 15.7. The minimum atomic E-state index is -4.33. The summed E-state index contributed by atoms with van der Waals surface area (Å²) in [6, 6.07) is 7.64. The summed E-state index contributed by atoms with van der Waals surface area (Å²) in [4.78, 5) is 3.26. The molecule has 2 rings (SSSR count). The number of nitrogens with one attached hydrogen (secondary N) is 1. The first-order valence-electron chi connectivity index (χ1n) is 5.64. The molecule has 0 aliphatic rings. The van der Waals surface area contributed by atoms with Crippen LogP contribution in [0.15, 0.2) is 52.5 Å². The van der Waals surface area contributed by atoms with Crippen molar-refractivity contribution in [2.75, 3.05) is 11.0 Å². The van der Waals surface area contributed by atoms with Gasteiger partial charge < -0.3 is 0 Å². The lowest BCUT2D eigenvalue weighted by molar-refractivity contribution is 0.556. The number of aromatic nitrogens is 1. The second-order valence-electron chi connectivity index (χ2n) is 4.16. The highest BCUT2D eigenvalue weighted by Crippen LogP contribution is 2.24.